The number of rotatable bonds is 11. The number of thiol groups is 1. The van der Waals surface area contributed by atoms with Gasteiger partial charge in [-0.1, -0.05) is 0 Å². The molecule has 0 saturated heterocycles. The minimum Gasteiger partial charge on any atom is -0.480 e. The number of carboxylic acid groups (broad SMARTS) is 3. The Bertz CT molecular complexity index is 630. The van der Waals surface area contributed by atoms with Crippen molar-refractivity contribution in [1.29, 1.82) is 0 Å². The van der Waals surface area contributed by atoms with Crippen LogP contribution in [0.2, 0.25) is 0 Å². The zero-order valence-electron chi connectivity index (χ0n) is 15.2. The van der Waals surface area contributed by atoms with Crippen LogP contribution in [0, 0.1) is 0 Å². The Morgan fingerprint density at radius 2 is 1.21 bits per heavy atom. The summed E-state index contributed by atoms with van der Waals surface area (Å²) in [5.74, 6) is -3.58. The van der Waals surface area contributed by atoms with Crippen LogP contribution < -0.4 is 17.2 Å². The molecular weight excluding hydrogens is 458 g/mol. The number of aliphatic carboxylic acids is 3. The van der Waals surface area contributed by atoms with Gasteiger partial charge in [0, 0.05) is 0 Å². The molecule has 0 bridgehead atoms. The predicted octanol–water partition coefficient (Wildman–Crippen LogP) is -2.60. The van der Waals surface area contributed by atoms with Gasteiger partial charge in [-0.05, 0) is 25.0 Å². The second kappa shape index (κ2) is 17.5. The summed E-state index contributed by atoms with van der Waals surface area (Å²) >= 11 is 1.87. The van der Waals surface area contributed by atoms with Gasteiger partial charge in [-0.15, -0.1) is 0 Å². The van der Waals surface area contributed by atoms with E-state index < -0.39 is 63.0 Å². The summed E-state index contributed by atoms with van der Waals surface area (Å²) in [4.78, 5) is 30.0. The van der Waals surface area contributed by atoms with Crippen LogP contribution >= 0.6 is 12.6 Å². The molecule has 14 nitrogen and oxygen atoms in total. The van der Waals surface area contributed by atoms with E-state index in [-0.39, 0.29) is 18.6 Å². The summed E-state index contributed by atoms with van der Waals surface area (Å²) in [7, 11) is -4.10. The van der Waals surface area contributed by atoms with Gasteiger partial charge in [-0.25, -0.2) is 4.21 Å². The maximum Gasteiger partial charge on any atom is 0.320 e. The maximum absolute atomic E-state index is 10.1. The molecule has 0 aliphatic heterocycles. The van der Waals surface area contributed by atoms with E-state index in [0.717, 1.165) is 0 Å². The predicted molar refractivity (Wildman–Crippen MR) is 107 cm³/mol. The van der Waals surface area contributed by atoms with Crippen molar-refractivity contribution in [3.05, 3.63) is 0 Å². The van der Waals surface area contributed by atoms with Crippen LogP contribution in [0.25, 0.3) is 0 Å². The van der Waals surface area contributed by atoms with Crippen LogP contribution in [-0.4, -0.2) is 90.3 Å². The highest BCUT2D eigenvalue weighted by Gasteiger charge is 2.15. The van der Waals surface area contributed by atoms with E-state index in [0.29, 0.717) is 12.2 Å². The zero-order chi connectivity index (χ0) is 23.8. The molecule has 1 unspecified atom stereocenters. The quantitative estimate of drug-likeness (QED) is 0.0824. The summed E-state index contributed by atoms with van der Waals surface area (Å²) in [6.07, 6.45) is 0.172. The van der Waals surface area contributed by atoms with Crippen LogP contribution in [-0.2, 0) is 35.6 Å². The topological polar surface area (TPSA) is 282 Å². The third kappa shape index (κ3) is 26.7. The fourth-order valence-corrected chi connectivity index (χ4v) is 2.30. The molecule has 0 aromatic heterocycles. The van der Waals surface area contributed by atoms with E-state index in [9.17, 15) is 27.0 Å². The molecule has 29 heavy (non-hydrogen) atoms. The Kier molecular flexibility index (Phi) is 19.5. The third-order valence-corrected chi connectivity index (χ3v) is 4.28. The first kappa shape index (κ1) is 32.3. The van der Waals surface area contributed by atoms with Gasteiger partial charge in [0.1, 0.15) is 18.1 Å². The summed E-state index contributed by atoms with van der Waals surface area (Å²) in [6, 6.07) is -3.01. The maximum atomic E-state index is 10.1. The highest BCUT2D eigenvalue weighted by Crippen LogP contribution is 1.93. The van der Waals surface area contributed by atoms with Gasteiger partial charge in [0.2, 0.25) is 0 Å². The highest BCUT2D eigenvalue weighted by atomic mass is 32.2. The first-order valence-corrected chi connectivity index (χ1v) is 11.2. The molecule has 0 aliphatic carbocycles. The molecule has 0 saturated carbocycles. The standard InChI is InChI=1S/C4H9NO5S.C4H9NO4S.C4H9NO2S/c5-3(4(6)7)1-2-11(8,9)10;5-3(4(6)7)1-2-10(8)9;5-3(1-2-8)4(6)7/h3H,1-2,5H2,(H,6,7)(H,8,9,10);3H,1-2,5H2,(H,6,7)(H,8,9);3,8H,1-2,5H2,(H,6,7)/t3*3-/m000/s1. The molecule has 17 heteroatoms. The van der Waals surface area contributed by atoms with Crippen LogP contribution in [0.5, 0.6) is 0 Å². The Hall–Kier alpha value is -1.34. The van der Waals surface area contributed by atoms with Crippen molar-refractivity contribution in [2.75, 3.05) is 17.3 Å². The first-order chi connectivity index (χ1) is 13.0. The van der Waals surface area contributed by atoms with E-state index in [1.165, 1.54) is 0 Å². The molecule has 174 valence electrons. The summed E-state index contributed by atoms with van der Waals surface area (Å²) in [6.45, 7) is 0. The van der Waals surface area contributed by atoms with E-state index >= 15 is 0 Å². The van der Waals surface area contributed by atoms with Crippen LogP contribution in [0.15, 0.2) is 0 Å². The van der Waals surface area contributed by atoms with Crippen LogP contribution in [0.4, 0.5) is 0 Å². The molecule has 0 amide bonds. The second-order valence-corrected chi connectivity index (χ2v) is 8.31. The summed E-state index contributed by atoms with van der Waals surface area (Å²) < 4.78 is 46.5. The minimum atomic E-state index is -4.10. The molecule has 0 radical (unpaired) electrons. The van der Waals surface area contributed by atoms with E-state index in [1.807, 2.05) is 0 Å². The third-order valence-electron chi connectivity index (χ3n) is 2.68. The molecule has 0 spiro atoms. The smallest absolute Gasteiger partial charge is 0.320 e. The minimum absolute atomic E-state index is 0.0262. The average Bonchev–Trinajstić information content (AvgIpc) is 2.57. The molecule has 0 rings (SSSR count). The van der Waals surface area contributed by atoms with Crippen molar-refractivity contribution in [2.24, 2.45) is 17.2 Å². The van der Waals surface area contributed by atoms with Gasteiger partial charge in [0.15, 0.2) is 11.1 Å². The largest absolute Gasteiger partial charge is 0.480 e. The normalized spacial score (nSPS) is 14.7. The van der Waals surface area contributed by atoms with Crippen LogP contribution in [0.1, 0.15) is 19.3 Å². The van der Waals surface area contributed by atoms with Gasteiger partial charge < -0.3 is 37.1 Å². The summed E-state index contributed by atoms with van der Waals surface area (Å²) in [5.41, 5.74) is 15.0. The Morgan fingerprint density at radius 1 is 0.862 bits per heavy atom. The molecule has 0 fully saturated rings. The van der Waals surface area contributed by atoms with Crippen molar-refractivity contribution in [3.63, 3.8) is 0 Å². The van der Waals surface area contributed by atoms with E-state index in [1.54, 1.807) is 0 Å². The lowest BCUT2D eigenvalue weighted by molar-refractivity contribution is -0.139. The first-order valence-electron chi connectivity index (χ1n) is 7.63. The van der Waals surface area contributed by atoms with Gasteiger partial charge >= 0.3 is 17.9 Å². The number of carbonyl (C=O) groups is 3. The average molecular weight is 486 g/mol. The molecule has 11 N–H and O–H groups in total. The number of nitrogens with two attached hydrogens (primary N) is 3. The molecule has 4 atom stereocenters. The molecule has 0 heterocycles. The van der Waals surface area contributed by atoms with Crippen molar-refractivity contribution < 1.29 is 51.4 Å². The van der Waals surface area contributed by atoms with Crippen molar-refractivity contribution in [3.8, 4) is 0 Å². The van der Waals surface area contributed by atoms with Crippen LogP contribution in [0.3, 0.4) is 0 Å². The lowest BCUT2D eigenvalue weighted by Crippen LogP contribution is -2.32. The fourth-order valence-electron chi connectivity index (χ4n) is 1.01. The van der Waals surface area contributed by atoms with Crippen molar-refractivity contribution in [2.45, 2.75) is 37.4 Å². The Morgan fingerprint density at radius 3 is 1.45 bits per heavy atom. The molecule has 0 aromatic carbocycles. The fraction of sp³-hybridized carbons (Fsp3) is 0.750. The monoisotopic (exact) mass is 485 g/mol. The number of hydrogen-bond acceptors (Lipinski definition) is 10. The lowest BCUT2D eigenvalue weighted by atomic mass is 10.2. The van der Waals surface area contributed by atoms with Crippen molar-refractivity contribution in [1.82, 2.24) is 0 Å². The second-order valence-electron chi connectivity index (χ2n) is 5.24. The number of hydrogen-bond donors (Lipinski definition) is 9. The zero-order valence-corrected chi connectivity index (χ0v) is 17.7. The van der Waals surface area contributed by atoms with E-state index in [4.69, 9.17) is 41.6 Å². The van der Waals surface area contributed by atoms with Crippen molar-refractivity contribution >= 4 is 51.7 Å². The SMILES string of the molecule is N[C@@H](CCS(=O)(=O)O)C(=O)O.N[C@@H](CCS(=O)O)C(=O)O.N[C@@H](CCS)C(=O)O. The van der Waals surface area contributed by atoms with Gasteiger partial charge in [-0.3, -0.25) is 18.9 Å². The van der Waals surface area contributed by atoms with Gasteiger partial charge in [0.05, 0.1) is 11.5 Å². The molecule has 0 aliphatic rings. The molecular formula is C12H27N3O11S3. The van der Waals surface area contributed by atoms with Gasteiger partial charge in [-0.2, -0.15) is 21.0 Å². The Balaban J connectivity index is -0.000000354. The highest BCUT2D eigenvalue weighted by molar-refractivity contribution is 7.85. The van der Waals surface area contributed by atoms with E-state index in [2.05, 4.69) is 12.6 Å². The number of carboxylic acids is 3. The summed E-state index contributed by atoms with van der Waals surface area (Å²) in [5, 5.41) is 24.5. The Labute approximate surface area is 175 Å². The van der Waals surface area contributed by atoms with Gasteiger partial charge in [0.25, 0.3) is 10.1 Å². The lowest BCUT2D eigenvalue weighted by Gasteiger charge is -2.02. The molecule has 0 aromatic rings.